The summed E-state index contributed by atoms with van der Waals surface area (Å²) in [6, 6.07) is 9.58. The molecule has 0 aliphatic carbocycles. The largest absolute Gasteiger partial charge is 0.489 e. The quantitative estimate of drug-likeness (QED) is 0.551. The topological polar surface area (TPSA) is 59.1 Å². The van der Waals surface area contributed by atoms with E-state index in [2.05, 4.69) is 0 Å². The van der Waals surface area contributed by atoms with Gasteiger partial charge in [0.25, 0.3) is 0 Å². The zero-order chi connectivity index (χ0) is 25.0. The zero-order valence-electron chi connectivity index (χ0n) is 19.6. The van der Waals surface area contributed by atoms with Crippen molar-refractivity contribution in [3.63, 3.8) is 0 Å². The number of carbonyl (C=O) groups excluding carboxylic acids is 2. The smallest absolute Gasteiger partial charge is 0.416 e. The zero-order valence-corrected chi connectivity index (χ0v) is 19.6. The second kappa shape index (κ2) is 10.2. The molecule has 0 radical (unpaired) electrons. The lowest BCUT2D eigenvalue weighted by atomic mass is 10.0. The van der Waals surface area contributed by atoms with E-state index >= 15 is 0 Å². The number of ether oxygens (including phenoxy) is 2. The van der Waals surface area contributed by atoms with E-state index in [1.54, 1.807) is 71.1 Å². The Morgan fingerprint density at radius 3 is 2.06 bits per heavy atom. The van der Waals surface area contributed by atoms with E-state index in [1.165, 1.54) is 11.0 Å². The lowest BCUT2D eigenvalue weighted by Gasteiger charge is -2.21. The van der Waals surface area contributed by atoms with Gasteiger partial charge >= 0.3 is 12.1 Å². The van der Waals surface area contributed by atoms with Crippen molar-refractivity contribution < 1.29 is 32.2 Å². The number of esters is 1. The van der Waals surface area contributed by atoms with Gasteiger partial charge in [-0.2, -0.15) is 13.2 Å². The van der Waals surface area contributed by atoms with Gasteiger partial charge in [0.2, 0.25) is 5.91 Å². The highest BCUT2D eigenvalue weighted by Crippen LogP contribution is 2.31. The standard InChI is InChI=1S/C24H29F3N2O4/c1-23(2,3)33-22(31)20-13-17(24(25,26)27)8-7-16(20)15-32-19-11-9-18(10-12-19)29(6)21(30)14-28(4)5/h7-13H,14-15H2,1-6H3. The number of hydrogen-bond donors (Lipinski definition) is 0. The van der Waals surface area contributed by atoms with Gasteiger partial charge in [0.05, 0.1) is 17.7 Å². The number of hydrogen-bond acceptors (Lipinski definition) is 5. The third-order valence-electron chi connectivity index (χ3n) is 4.50. The van der Waals surface area contributed by atoms with Crippen molar-refractivity contribution in [1.82, 2.24) is 4.90 Å². The molecule has 0 saturated carbocycles. The van der Waals surface area contributed by atoms with Gasteiger partial charge in [0, 0.05) is 18.3 Å². The molecule has 180 valence electrons. The second-order valence-corrected chi connectivity index (χ2v) is 8.84. The first-order chi connectivity index (χ1) is 15.2. The van der Waals surface area contributed by atoms with Crippen LogP contribution in [-0.4, -0.2) is 50.1 Å². The number of likely N-dealkylation sites (N-methyl/N-ethyl adjacent to an activating group) is 2. The molecule has 0 fully saturated rings. The fourth-order valence-electron chi connectivity index (χ4n) is 2.85. The van der Waals surface area contributed by atoms with Gasteiger partial charge in [-0.15, -0.1) is 0 Å². The summed E-state index contributed by atoms with van der Waals surface area (Å²) >= 11 is 0. The predicted octanol–water partition coefficient (Wildman–Crippen LogP) is 4.76. The number of carbonyl (C=O) groups is 2. The molecule has 0 aliphatic heterocycles. The lowest BCUT2D eigenvalue weighted by Crippen LogP contribution is -2.34. The summed E-state index contributed by atoms with van der Waals surface area (Å²) in [5, 5.41) is 0. The molecule has 2 aromatic carbocycles. The first kappa shape index (κ1) is 26.2. The fraction of sp³-hybridized carbons (Fsp3) is 0.417. The molecular weight excluding hydrogens is 437 g/mol. The molecule has 0 atom stereocenters. The lowest BCUT2D eigenvalue weighted by molar-refractivity contribution is -0.137. The molecule has 6 nitrogen and oxygen atoms in total. The Bertz CT molecular complexity index is 981. The van der Waals surface area contributed by atoms with E-state index < -0.39 is 23.3 Å². The van der Waals surface area contributed by atoms with Crippen LogP contribution in [0.25, 0.3) is 0 Å². The highest BCUT2D eigenvalue weighted by Gasteiger charge is 2.32. The van der Waals surface area contributed by atoms with Crippen molar-refractivity contribution in [2.45, 2.75) is 39.2 Å². The van der Waals surface area contributed by atoms with E-state index in [1.807, 2.05) is 0 Å². The number of anilines is 1. The highest BCUT2D eigenvalue weighted by molar-refractivity contribution is 5.94. The van der Waals surface area contributed by atoms with Crippen LogP contribution in [0.4, 0.5) is 18.9 Å². The van der Waals surface area contributed by atoms with Crippen LogP contribution >= 0.6 is 0 Å². The van der Waals surface area contributed by atoms with E-state index in [0.717, 1.165) is 12.1 Å². The van der Waals surface area contributed by atoms with Crippen molar-refractivity contribution >= 4 is 17.6 Å². The number of benzene rings is 2. The summed E-state index contributed by atoms with van der Waals surface area (Å²) in [6.07, 6.45) is -4.60. The third kappa shape index (κ3) is 7.78. The van der Waals surface area contributed by atoms with Crippen LogP contribution in [-0.2, 0) is 22.3 Å². The maximum atomic E-state index is 13.2. The van der Waals surface area contributed by atoms with Crippen LogP contribution < -0.4 is 9.64 Å². The normalized spacial score (nSPS) is 11.9. The number of nitrogens with zero attached hydrogens (tertiary/aromatic N) is 2. The van der Waals surface area contributed by atoms with Crippen molar-refractivity contribution in [3.05, 3.63) is 59.2 Å². The molecule has 0 saturated heterocycles. The Balaban J connectivity index is 2.20. The third-order valence-corrected chi connectivity index (χ3v) is 4.50. The Labute approximate surface area is 191 Å². The van der Waals surface area contributed by atoms with E-state index in [9.17, 15) is 22.8 Å². The molecule has 0 aromatic heterocycles. The predicted molar refractivity (Wildman–Crippen MR) is 119 cm³/mol. The molecule has 1 amide bonds. The highest BCUT2D eigenvalue weighted by atomic mass is 19.4. The number of alkyl halides is 3. The van der Waals surface area contributed by atoms with E-state index in [0.29, 0.717) is 11.4 Å². The Hall–Kier alpha value is -3.07. The fourth-order valence-corrected chi connectivity index (χ4v) is 2.85. The van der Waals surface area contributed by atoms with Crippen LogP contribution in [0.5, 0.6) is 5.75 Å². The molecule has 2 rings (SSSR count). The van der Waals surface area contributed by atoms with Crippen molar-refractivity contribution in [2.24, 2.45) is 0 Å². The molecule has 0 unspecified atom stereocenters. The van der Waals surface area contributed by atoms with Gasteiger partial charge in [-0.1, -0.05) is 6.07 Å². The van der Waals surface area contributed by atoms with Gasteiger partial charge in [-0.05, 0) is 71.3 Å². The summed E-state index contributed by atoms with van der Waals surface area (Å²) in [7, 11) is 5.27. The molecule has 0 bridgehead atoms. The molecule has 0 N–H and O–H groups in total. The van der Waals surface area contributed by atoms with Gasteiger partial charge in [-0.25, -0.2) is 4.79 Å². The van der Waals surface area contributed by atoms with Gasteiger partial charge < -0.3 is 19.3 Å². The van der Waals surface area contributed by atoms with Gasteiger partial charge in [-0.3, -0.25) is 4.79 Å². The molecule has 33 heavy (non-hydrogen) atoms. The summed E-state index contributed by atoms with van der Waals surface area (Å²) in [5.74, 6) is -0.508. The van der Waals surface area contributed by atoms with Crippen molar-refractivity contribution in [3.8, 4) is 5.75 Å². The second-order valence-electron chi connectivity index (χ2n) is 8.84. The molecule has 2 aromatic rings. The number of amides is 1. The maximum absolute atomic E-state index is 13.2. The Kier molecular flexibility index (Phi) is 8.13. The van der Waals surface area contributed by atoms with Crippen LogP contribution in [0, 0.1) is 0 Å². The monoisotopic (exact) mass is 466 g/mol. The molecule has 0 spiro atoms. The summed E-state index contributed by atoms with van der Waals surface area (Å²) in [6.45, 7) is 5.03. The maximum Gasteiger partial charge on any atom is 0.416 e. The number of halogens is 3. The Morgan fingerprint density at radius 2 is 1.55 bits per heavy atom. The number of rotatable bonds is 7. The minimum atomic E-state index is -4.60. The SMILES string of the molecule is CN(C)CC(=O)N(C)c1ccc(OCc2ccc(C(F)(F)F)cc2C(=O)OC(C)(C)C)cc1. The molecule has 9 heteroatoms. The molecule has 0 heterocycles. The van der Waals surface area contributed by atoms with Crippen molar-refractivity contribution in [2.75, 3.05) is 32.6 Å². The van der Waals surface area contributed by atoms with Gasteiger partial charge in [0.1, 0.15) is 18.0 Å². The van der Waals surface area contributed by atoms with E-state index in [-0.39, 0.29) is 30.2 Å². The van der Waals surface area contributed by atoms with Crippen molar-refractivity contribution in [1.29, 1.82) is 0 Å². The summed E-state index contributed by atoms with van der Waals surface area (Å²) in [5.41, 5.74) is -1.08. The van der Waals surface area contributed by atoms with Crippen LogP contribution in [0.15, 0.2) is 42.5 Å². The van der Waals surface area contributed by atoms with Gasteiger partial charge in [0.15, 0.2) is 0 Å². The average molecular weight is 467 g/mol. The van der Waals surface area contributed by atoms with Crippen LogP contribution in [0.2, 0.25) is 0 Å². The minimum absolute atomic E-state index is 0.0829. The average Bonchev–Trinajstić information content (AvgIpc) is 2.69. The van der Waals surface area contributed by atoms with E-state index in [4.69, 9.17) is 9.47 Å². The first-order valence-electron chi connectivity index (χ1n) is 10.2. The minimum Gasteiger partial charge on any atom is -0.489 e. The van der Waals surface area contributed by atoms with Crippen LogP contribution in [0.1, 0.15) is 42.3 Å². The molecule has 0 aliphatic rings. The Morgan fingerprint density at radius 1 is 0.939 bits per heavy atom. The van der Waals surface area contributed by atoms with Crippen LogP contribution in [0.3, 0.4) is 0 Å². The summed E-state index contributed by atoms with van der Waals surface area (Å²) < 4.78 is 50.5. The molecular formula is C24H29F3N2O4. The summed E-state index contributed by atoms with van der Waals surface area (Å²) in [4.78, 5) is 28.0. The first-order valence-corrected chi connectivity index (χ1v) is 10.2.